The molecule has 2 aromatic rings. The van der Waals surface area contributed by atoms with Gasteiger partial charge in [0.05, 0.1) is 11.8 Å². The zero-order valence-corrected chi connectivity index (χ0v) is 16.5. The summed E-state index contributed by atoms with van der Waals surface area (Å²) < 4.78 is 19.6. The van der Waals surface area contributed by atoms with Crippen LogP contribution in [0.4, 0.5) is 14.9 Å². The Kier molecular flexibility index (Phi) is 6.87. The van der Waals surface area contributed by atoms with Crippen LogP contribution in [0.5, 0.6) is 5.75 Å². The lowest BCUT2D eigenvalue weighted by Gasteiger charge is -2.32. The van der Waals surface area contributed by atoms with E-state index in [1.54, 1.807) is 6.07 Å². The Morgan fingerprint density at radius 1 is 1.18 bits per heavy atom. The van der Waals surface area contributed by atoms with Crippen molar-refractivity contribution in [1.82, 2.24) is 10.2 Å². The van der Waals surface area contributed by atoms with Gasteiger partial charge in [0.15, 0.2) is 0 Å². The average molecular weight is 385 g/mol. The predicted octanol–water partition coefficient (Wildman–Crippen LogP) is 4.40. The second-order valence-corrected chi connectivity index (χ2v) is 7.44. The predicted molar refractivity (Wildman–Crippen MR) is 109 cm³/mol. The summed E-state index contributed by atoms with van der Waals surface area (Å²) in [7, 11) is 0. The summed E-state index contributed by atoms with van der Waals surface area (Å²) in [6.45, 7) is 6.53. The van der Waals surface area contributed by atoms with Gasteiger partial charge in [-0.2, -0.15) is 0 Å². The summed E-state index contributed by atoms with van der Waals surface area (Å²) in [5.74, 6) is -0.0600. The van der Waals surface area contributed by atoms with Crippen molar-refractivity contribution in [2.45, 2.75) is 45.4 Å². The number of hydrogen-bond donors (Lipinski definition) is 2. The highest BCUT2D eigenvalue weighted by molar-refractivity contribution is 5.89. The number of urea groups is 1. The van der Waals surface area contributed by atoms with E-state index in [4.69, 9.17) is 4.74 Å². The van der Waals surface area contributed by atoms with Crippen molar-refractivity contribution >= 4 is 11.7 Å². The zero-order valence-electron chi connectivity index (χ0n) is 16.5. The number of anilines is 1. The maximum absolute atomic E-state index is 14.2. The number of rotatable bonds is 6. The van der Waals surface area contributed by atoms with E-state index in [1.165, 1.54) is 17.7 Å². The van der Waals surface area contributed by atoms with E-state index in [2.05, 4.69) is 39.8 Å². The van der Waals surface area contributed by atoms with Gasteiger partial charge in [-0.25, -0.2) is 9.18 Å². The van der Waals surface area contributed by atoms with E-state index >= 15 is 0 Å². The van der Waals surface area contributed by atoms with E-state index < -0.39 is 5.82 Å². The molecule has 0 radical (unpaired) electrons. The fraction of sp³-hybridized carbons (Fsp3) is 0.409. The van der Waals surface area contributed by atoms with Crippen LogP contribution in [0.3, 0.4) is 0 Å². The van der Waals surface area contributed by atoms with Gasteiger partial charge in [-0.15, -0.1) is 0 Å². The third-order valence-corrected chi connectivity index (χ3v) is 4.73. The number of likely N-dealkylation sites (tertiary alicyclic amines) is 1. The number of nitrogens with one attached hydrogen (secondary N) is 2. The van der Waals surface area contributed by atoms with Gasteiger partial charge in [0, 0.05) is 31.7 Å². The molecule has 0 spiro atoms. The highest BCUT2D eigenvalue weighted by atomic mass is 19.1. The standard InChI is InChI=1S/C22H28FN3O2/c1-16(2)28-19-8-9-21(20(23)14-19)25-22(27)24-18-10-12-26(13-11-18)15-17-6-4-3-5-7-17/h3-9,14,16,18H,10-13,15H2,1-2H3,(H2,24,25,27). The molecule has 1 heterocycles. The van der Waals surface area contributed by atoms with Crippen molar-refractivity contribution in [3.63, 3.8) is 0 Å². The Balaban J connectivity index is 1.44. The molecule has 0 aliphatic carbocycles. The number of benzene rings is 2. The lowest BCUT2D eigenvalue weighted by atomic mass is 10.0. The van der Waals surface area contributed by atoms with Crippen molar-refractivity contribution in [1.29, 1.82) is 0 Å². The Hall–Kier alpha value is -2.60. The van der Waals surface area contributed by atoms with E-state index in [0.29, 0.717) is 5.75 Å². The SMILES string of the molecule is CC(C)Oc1ccc(NC(=O)NC2CCN(Cc3ccccc3)CC2)c(F)c1. The minimum absolute atomic E-state index is 0.0331. The van der Waals surface area contributed by atoms with E-state index in [9.17, 15) is 9.18 Å². The highest BCUT2D eigenvalue weighted by Gasteiger charge is 2.21. The molecule has 28 heavy (non-hydrogen) atoms. The summed E-state index contributed by atoms with van der Waals surface area (Å²) in [4.78, 5) is 14.6. The Morgan fingerprint density at radius 2 is 1.89 bits per heavy atom. The van der Waals surface area contributed by atoms with Crippen LogP contribution in [0.2, 0.25) is 0 Å². The first-order valence-electron chi connectivity index (χ1n) is 9.79. The molecule has 1 aliphatic heterocycles. The fourth-order valence-corrected chi connectivity index (χ4v) is 3.36. The van der Waals surface area contributed by atoms with Crippen molar-refractivity contribution in [2.24, 2.45) is 0 Å². The second kappa shape index (κ2) is 9.55. The van der Waals surface area contributed by atoms with Crippen LogP contribution in [0.15, 0.2) is 48.5 Å². The van der Waals surface area contributed by atoms with Crippen molar-refractivity contribution in [2.75, 3.05) is 18.4 Å². The molecule has 1 fully saturated rings. The number of amides is 2. The van der Waals surface area contributed by atoms with Crippen molar-refractivity contribution < 1.29 is 13.9 Å². The van der Waals surface area contributed by atoms with Crippen LogP contribution in [0.25, 0.3) is 0 Å². The van der Waals surface area contributed by atoms with Crippen LogP contribution < -0.4 is 15.4 Å². The van der Waals surface area contributed by atoms with Crippen LogP contribution in [0.1, 0.15) is 32.3 Å². The number of carbonyl (C=O) groups is 1. The molecule has 1 saturated heterocycles. The van der Waals surface area contributed by atoms with Gasteiger partial charge in [0.1, 0.15) is 11.6 Å². The number of nitrogens with zero attached hydrogens (tertiary/aromatic N) is 1. The minimum atomic E-state index is -0.508. The Labute approximate surface area is 165 Å². The largest absolute Gasteiger partial charge is 0.491 e. The molecular formula is C22H28FN3O2. The highest BCUT2D eigenvalue weighted by Crippen LogP contribution is 2.22. The van der Waals surface area contributed by atoms with Gasteiger partial charge < -0.3 is 15.4 Å². The number of hydrogen-bond acceptors (Lipinski definition) is 3. The monoisotopic (exact) mass is 385 g/mol. The second-order valence-electron chi connectivity index (χ2n) is 7.44. The summed E-state index contributed by atoms with van der Waals surface area (Å²) in [5.41, 5.74) is 1.45. The quantitative estimate of drug-likeness (QED) is 0.775. The number of carbonyl (C=O) groups excluding carboxylic acids is 1. The molecule has 2 aromatic carbocycles. The first kappa shape index (κ1) is 20.1. The van der Waals surface area contributed by atoms with Crippen molar-refractivity contribution in [3.8, 4) is 5.75 Å². The molecule has 6 heteroatoms. The van der Waals surface area contributed by atoms with Gasteiger partial charge in [0.2, 0.25) is 0 Å². The van der Waals surface area contributed by atoms with Gasteiger partial charge in [-0.1, -0.05) is 30.3 Å². The average Bonchev–Trinajstić information content (AvgIpc) is 2.66. The smallest absolute Gasteiger partial charge is 0.319 e. The maximum Gasteiger partial charge on any atom is 0.319 e. The van der Waals surface area contributed by atoms with Gasteiger partial charge in [-0.05, 0) is 44.4 Å². The Morgan fingerprint density at radius 3 is 2.54 bits per heavy atom. The minimum Gasteiger partial charge on any atom is -0.491 e. The molecular weight excluding hydrogens is 357 g/mol. The third-order valence-electron chi connectivity index (χ3n) is 4.73. The van der Waals surface area contributed by atoms with Crippen LogP contribution in [-0.4, -0.2) is 36.2 Å². The molecule has 0 aromatic heterocycles. The topological polar surface area (TPSA) is 53.6 Å². The zero-order chi connectivity index (χ0) is 19.9. The molecule has 3 rings (SSSR count). The fourth-order valence-electron chi connectivity index (χ4n) is 3.36. The summed E-state index contributed by atoms with van der Waals surface area (Å²) in [6.07, 6.45) is 1.72. The molecule has 150 valence electrons. The molecule has 2 N–H and O–H groups in total. The van der Waals surface area contributed by atoms with Crippen LogP contribution >= 0.6 is 0 Å². The normalized spacial score (nSPS) is 15.4. The van der Waals surface area contributed by atoms with Crippen LogP contribution in [-0.2, 0) is 6.54 Å². The molecule has 0 bridgehead atoms. The van der Waals surface area contributed by atoms with Crippen LogP contribution in [0, 0.1) is 5.82 Å². The van der Waals surface area contributed by atoms with E-state index in [1.807, 2.05) is 19.9 Å². The Bertz CT molecular complexity index is 775. The molecule has 0 atom stereocenters. The summed E-state index contributed by atoms with van der Waals surface area (Å²) in [5, 5.41) is 5.55. The molecule has 5 nitrogen and oxygen atoms in total. The summed E-state index contributed by atoms with van der Waals surface area (Å²) in [6, 6.07) is 14.6. The van der Waals surface area contributed by atoms with E-state index in [0.717, 1.165) is 32.5 Å². The lowest BCUT2D eigenvalue weighted by Crippen LogP contribution is -2.45. The van der Waals surface area contributed by atoms with Gasteiger partial charge in [-0.3, -0.25) is 4.90 Å². The van der Waals surface area contributed by atoms with Gasteiger partial charge >= 0.3 is 6.03 Å². The first-order valence-corrected chi connectivity index (χ1v) is 9.79. The molecule has 2 amide bonds. The number of piperidine rings is 1. The van der Waals surface area contributed by atoms with E-state index in [-0.39, 0.29) is 23.9 Å². The lowest BCUT2D eigenvalue weighted by molar-refractivity contribution is 0.190. The van der Waals surface area contributed by atoms with Gasteiger partial charge in [0.25, 0.3) is 0 Å². The summed E-state index contributed by atoms with van der Waals surface area (Å²) >= 11 is 0. The molecule has 0 unspecified atom stereocenters. The number of ether oxygens (including phenoxy) is 1. The third kappa shape index (κ3) is 5.96. The number of halogens is 1. The molecule has 0 saturated carbocycles. The molecule has 1 aliphatic rings. The first-order chi connectivity index (χ1) is 13.5. The van der Waals surface area contributed by atoms with Crippen molar-refractivity contribution in [3.05, 3.63) is 59.9 Å². The maximum atomic E-state index is 14.2.